The van der Waals surface area contributed by atoms with E-state index in [2.05, 4.69) is 41.1 Å². The van der Waals surface area contributed by atoms with Gasteiger partial charge in [-0.25, -0.2) is 0 Å². The van der Waals surface area contributed by atoms with Crippen molar-refractivity contribution in [1.29, 1.82) is 0 Å². The lowest BCUT2D eigenvalue weighted by Crippen LogP contribution is -2.30. The van der Waals surface area contributed by atoms with Crippen LogP contribution in [-0.4, -0.2) is 39.1 Å². The Morgan fingerprint density at radius 1 is 1.20 bits per heavy atom. The number of nitrogens with zero attached hydrogens (tertiary/aromatic N) is 2. The van der Waals surface area contributed by atoms with Crippen LogP contribution in [0.25, 0.3) is 11.1 Å². The van der Waals surface area contributed by atoms with E-state index in [0.717, 1.165) is 49.0 Å². The van der Waals surface area contributed by atoms with Crippen molar-refractivity contribution in [2.75, 3.05) is 6.54 Å². The van der Waals surface area contributed by atoms with E-state index in [1.807, 2.05) is 19.2 Å². The van der Waals surface area contributed by atoms with Gasteiger partial charge in [-0.05, 0) is 76.1 Å². The molecule has 1 aromatic heterocycles. The minimum Gasteiger partial charge on any atom is -0.390 e. The zero-order chi connectivity index (χ0) is 21.3. The van der Waals surface area contributed by atoms with E-state index < -0.39 is 11.5 Å². The fourth-order valence-electron chi connectivity index (χ4n) is 4.93. The number of rotatable bonds is 5. The van der Waals surface area contributed by atoms with Crippen LogP contribution in [0.5, 0.6) is 0 Å². The Morgan fingerprint density at radius 3 is 2.50 bits per heavy atom. The van der Waals surface area contributed by atoms with Gasteiger partial charge in [-0.1, -0.05) is 24.3 Å². The molecule has 2 aromatic rings. The normalized spacial score (nSPS) is 27.3. The smallest absolute Gasteiger partial charge is 0.250 e. The number of primary amides is 1. The van der Waals surface area contributed by atoms with Gasteiger partial charge in [0.1, 0.15) is 0 Å². The molecule has 1 saturated carbocycles. The van der Waals surface area contributed by atoms with Crippen LogP contribution >= 0.6 is 0 Å². The van der Waals surface area contributed by atoms with Crippen molar-refractivity contribution in [1.82, 2.24) is 9.88 Å². The highest BCUT2D eigenvalue weighted by Crippen LogP contribution is 2.38. The second-order valence-corrected chi connectivity index (χ2v) is 9.45. The summed E-state index contributed by atoms with van der Waals surface area (Å²) in [5, 5.41) is 10.2. The minimum absolute atomic E-state index is 0.173. The highest BCUT2D eigenvalue weighted by Gasteiger charge is 2.31. The standard InChI is InChI=1S/C25H33N3O2/c1-17-4-3-13-28(17)16-18-5-7-19(8-6-18)21-14-22(24(26)29)23(27-15-21)20-9-11-25(2,30)12-10-20/h5-8,14-15,17,20,30H,3-4,9-13,16H2,1-2H3,(H2,26,29). The van der Waals surface area contributed by atoms with E-state index in [0.29, 0.717) is 11.6 Å². The molecular formula is C25H33N3O2. The van der Waals surface area contributed by atoms with Gasteiger partial charge in [-0.3, -0.25) is 14.7 Å². The molecule has 160 valence electrons. The number of aliphatic hydroxyl groups is 1. The maximum absolute atomic E-state index is 12.2. The van der Waals surface area contributed by atoms with Crippen molar-refractivity contribution in [3.63, 3.8) is 0 Å². The molecule has 1 atom stereocenters. The summed E-state index contributed by atoms with van der Waals surface area (Å²) in [7, 11) is 0. The van der Waals surface area contributed by atoms with E-state index in [-0.39, 0.29) is 5.92 Å². The zero-order valence-corrected chi connectivity index (χ0v) is 18.1. The number of aromatic nitrogens is 1. The second kappa shape index (κ2) is 8.48. The molecule has 1 aliphatic carbocycles. The van der Waals surface area contributed by atoms with Gasteiger partial charge in [0.25, 0.3) is 5.91 Å². The first-order valence-electron chi connectivity index (χ1n) is 11.2. The lowest BCUT2D eigenvalue weighted by Gasteiger charge is -2.33. The molecule has 1 aliphatic heterocycles. The fourth-order valence-corrected chi connectivity index (χ4v) is 4.93. The van der Waals surface area contributed by atoms with Gasteiger partial charge in [0, 0.05) is 30.3 Å². The van der Waals surface area contributed by atoms with Crippen molar-refractivity contribution in [2.24, 2.45) is 5.73 Å². The van der Waals surface area contributed by atoms with Gasteiger partial charge in [0.15, 0.2) is 0 Å². The fraction of sp³-hybridized carbons (Fsp3) is 0.520. The first kappa shape index (κ1) is 21.0. The molecule has 0 spiro atoms. The Bertz CT molecular complexity index is 897. The number of nitrogens with two attached hydrogens (primary N) is 1. The average molecular weight is 408 g/mol. The number of hydrogen-bond acceptors (Lipinski definition) is 4. The van der Waals surface area contributed by atoms with Gasteiger partial charge in [0.05, 0.1) is 16.9 Å². The summed E-state index contributed by atoms with van der Waals surface area (Å²) in [6, 6.07) is 11.1. The van der Waals surface area contributed by atoms with E-state index in [1.54, 1.807) is 0 Å². The average Bonchev–Trinajstić information content (AvgIpc) is 3.13. The van der Waals surface area contributed by atoms with Crippen molar-refractivity contribution in [3.05, 3.63) is 53.3 Å². The van der Waals surface area contributed by atoms with E-state index in [1.165, 1.54) is 24.9 Å². The summed E-state index contributed by atoms with van der Waals surface area (Å²) in [4.78, 5) is 19.4. The van der Waals surface area contributed by atoms with Crippen LogP contribution in [0.15, 0.2) is 36.5 Å². The van der Waals surface area contributed by atoms with E-state index in [9.17, 15) is 9.90 Å². The number of amides is 1. The number of hydrogen-bond donors (Lipinski definition) is 2. The Labute approximate surface area is 179 Å². The van der Waals surface area contributed by atoms with Crippen molar-refractivity contribution in [3.8, 4) is 11.1 Å². The molecule has 0 bridgehead atoms. The van der Waals surface area contributed by atoms with Crippen LogP contribution in [0, 0.1) is 0 Å². The minimum atomic E-state index is -0.613. The SMILES string of the molecule is CC1CCCN1Cc1ccc(-c2cnc(C3CCC(C)(O)CC3)c(C(N)=O)c2)cc1. The van der Waals surface area contributed by atoms with Gasteiger partial charge < -0.3 is 10.8 Å². The van der Waals surface area contributed by atoms with Crippen molar-refractivity contribution < 1.29 is 9.90 Å². The zero-order valence-electron chi connectivity index (χ0n) is 18.1. The quantitative estimate of drug-likeness (QED) is 0.777. The van der Waals surface area contributed by atoms with E-state index in [4.69, 9.17) is 5.73 Å². The number of carbonyl (C=O) groups excluding carboxylic acids is 1. The number of pyridine rings is 1. The number of likely N-dealkylation sites (tertiary alicyclic amines) is 1. The van der Waals surface area contributed by atoms with Gasteiger partial charge in [-0.15, -0.1) is 0 Å². The number of benzene rings is 1. The Kier molecular flexibility index (Phi) is 5.94. The summed E-state index contributed by atoms with van der Waals surface area (Å²) in [5.74, 6) is -0.261. The molecule has 2 aliphatic rings. The highest BCUT2D eigenvalue weighted by atomic mass is 16.3. The first-order chi connectivity index (χ1) is 14.3. The Hall–Kier alpha value is -2.24. The molecule has 2 heterocycles. The van der Waals surface area contributed by atoms with Crippen molar-refractivity contribution in [2.45, 2.75) is 76.5 Å². The van der Waals surface area contributed by atoms with Crippen LogP contribution in [0.2, 0.25) is 0 Å². The van der Waals surface area contributed by atoms with Crippen LogP contribution in [0.4, 0.5) is 0 Å². The molecule has 1 unspecified atom stereocenters. The predicted octanol–water partition coefficient (Wildman–Crippen LogP) is 4.24. The number of carbonyl (C=O) groups is 1. The largest absolute Gasteiger partial charge is 0.390 e. The molecule has 4 rings (SSSR count). The topological polar surface area (TPSA) is 79.4 Å². The summed E-state index contributed by atoms with van der Waals surface area (Å²) in [5.41, 5.74) is 9.65. The van der Waals surface area contributed by atoms with Crippen LogP contribution in [0.1, 0.15) is 79.9 Å². The highest BCUT2D eigenvalue weighted by molar-refractivity contribution is 5.95. The third-order valence-corrected chi connectivity index (χ3v) is 7.00. The molecule has 2 fully saturated rings. The van der Waals surface area contributed by atoms with Gasteiger partial charge >= 0.3 is 0 Å². The third-order valence-electron chi connectivity index (χ3n) is 7.00. The maximum atomic E-state index is 12.2. The Morgan fingerprint density at radius 2 is 1.90 bits per heavy atom. The van der Waals surface area contributed by atoms with Crippen LogP contribution in [0.3, 0.4) is 0 Å². The predicted molar refractivity (Wildman–Crippen MR) is 119 cm³/mol. The Balaban J connectivity index is 1.53. The maximum Gasteiger partial charge on any atom is 0.250 e. The lowest BCUT2D eigenvalue weighted by atomic mass is 9.77. The van der Waals surface area contributed by atoms with Gasteiger partial charge in [0.2, 0.25) is 0 Å². The molecule has 1 amide bonds. The second-order valence-electron chi connectivity index (χ2n) is 9.45. The summed E-state index contributed by atoms with van der Waals surface area (Å²) < 4.78 is 0. The molecule has 5 heteroatoms. The molecule has 1 aromatic carbocycles. The van der Waals surface area contributed by atoms with E-state index >= 15 is 0 Å². The monoisotopic (exact) mass is 407 g/mol. The third kappa shape index (κ3) is 4.57. The first-order valence-corrected chi connectivity index (χ1v) is 11.2. The van der Waals surface area contributed by atoms with Crippen LogP contribution < -0.4 is 5.73 Å². The molecule has 3 N–H and O–H groups in total. The van der Waals surface area contributed by atoms with Crippen molar-refractivity contribution >= 4 is 5.91 Å². The molecule has 1 saturated heterocycles. The molecular weight excluding hydrogens is 374 g/mol. The molecule has 5 nitrogen and oxygen atoms in total. The van der Waals surface area contributed by atoms with Crippen LogP contribution in [-0.2, 0) is 6.54 Å². The summed E-state index contributed by atoms with van der Waals surface area (Å²) >= 11 is 0. The lowest BCUT2D eigenvalue weighted by molar-refractivity contribution is 0.0168. The van der Waals surface area contributed by atoms with Gasteiger partial charge in [-0.2, -0.15) is 0 Å². The summed E-state index contributed by atoms with van der Waals surface area (Å²) in [6.45, 7) is 6.33. The molecule has 30 heavy (non-hydrogen) atoms. The summed E-state index contributed by atoms with van der Waals surface area (Å²) in [6.07, 6.45) is 7.50. The molecule has 0 radical (unpaired) electrons.